The summed E-state index contributed by atoms with van der Waals surface area (Å²) >= 11 is 0. The first kappa shape index (κ1) is 26.0. The molecule has 3 aromatic carbocycles. The molecule has 1 atom stereocenters. The van der Waals surface area contributed by atoms with Crippen LogP contribution < -0.4 is 9.47 Å². The molecule has 0 bridgehead atoms. The highest BCUT2D eigenvalue weighted by Crippen LogP contribution is 2.30. The molecular weight excluding hydrogens is 440 g/mol. The Balaban J connectivity index is 1.64. The Hall–Kier alpha value is -3.57. The van der Waals surface area contributed by atoms with E-state index in [9.17, 15) is 4.79 Å². The number of rotatable bonds is 12. The van der Waals surface area contributed by atoms with E-state index in [-0.39, 0.29) is 5.97 Å². The highest BCUT2D eigenvalue weighted by Gasteiger charge is 2.20. The summed E-state index contributed by atoms with van der Waals surface area (Å²) in [6.07, 6.45) is 1.95. The lowest BCUT2D eigenvalue weighted by molar-refractivity contribution is -0.156. The Morgan fingerprint density at radius 3 is 2.40 bits per heavy atom. The number of ether oxygens (including phenoxy) is 4. The lowest BCUT2D eigenvalue weighted by atomic mass is 9.95. The normalized spacial score (nSPS) is 12.2. The van der Waals surface area contributed by atoms with E-state index in [1.165, 1.54) is 0 Å². The van der Waals surface area contributed by atoms with Gasteiger partial charge in [0.05, 0.1) is 13.7 Å². The summed E-state index contributed by atoms with van der Waals surface area (Å²) < 4.78 is 22.0. The van der Waals surface area contributed by atoms with Crippen LogP contribution in [0.2, 0.25) is 0 Å². The summed E-state index contributed by atoms with van der Waals surface area (Å²) in [5.74, 6) is 1.27. The highest BCUT2D eigenvalue weighted by molar-refractivity contribution is 5.81. The van der Waals surface area contributed by atoms with E-state index in [2.05, 4.69) is 31.2 Å². The van der Waals surface area contributed by atoms with Gasteiger partial charge in [-0.05, 0) is 78.9 Å². The number of methoxy groups -OCH3 is 1. The number of carbonyl (C=O) groups excluding carboxylic acids is 1. The van der Waals surface area contributed by atoms with Crippen molar-refractivity contribution in [2.45, 2.75) is 33.3 Å². The molecule has 5 nitrogen and oxygen atoms in total. The van der Waals surface area contributed by atoms with Crippen LogP contribution in [0.25, 0.3) is 16.7 Å². The van der Waals surface area contributed by atoms with Crippen molar-refractivity contribution in [3.05, 3.63) is 90.0 Å². The van der Waals surface area contributed by atoms with Crippen molar-refractivity contribution in [2.24, 2.45) is 0 Å². The standard InChI is InChI=1S/C30H34O5/c1-5-33-29(30(31)34-6-2)20-23-14-16-25(17-15-23)35-19-18-22(3)27-12-7-8-13-28(27)24-10-9-11-26(21-24)32-4/h7-18,21,29H,5-6,19-20H2,1-4H3/t29-/m0/s1. The smallest absolute Gasteiger partial charge is 0.335 e. The Bertz CT molecular complexity index is 1120. The molecule has 184 valence electrons. The van der Waals surface area contributed by atoms with Crippen molar-refractivity contribution >= 4 is 11.5 Å². The zero-order valence-electron chi connectivity index (χ0n) is 21.0. The van der Waals surface area contributed by atoms with Crippen LogP contribution in [0.15, 0.2) is 78.9 Å². The number of allylic oxidation sites excluding steroid dienone is 1. The second-order valence-electron chi connectivity index (χ2n) is 8.02. The predicted molar refractivity (Wildman–Crippen MR) is 140 cm³/mol. The Labute approximate surface area is 208 Å². The third-order valence-electron chi connectivity index (χ3n) is 5.63. The zero-order valence-corrected chi connectivity index (χ0v) is 21.0. The van der Waals surface area contributed by atoms with E-state index in [1.54, 1.807) is 14.0 Å². The van der Waals surface area contributed by atoms with E-state index in [1.807, 2.05) is 61.5 Å². The first-order valence-corrected chi connectivity index (χ1v) is 12.0. The fourth-order valence-electron chi connectivity index (χ4n) is 3.82. The fraction of sp³-hybridized carbons (Fsp3) is 0.300. The second kappa shape index (κ2) is 13.4. The number of esters is 1. The topological polar surface area (TPSA) is 54.0 Å². The average molecular weight is 475 g/mol. The minimum Gasteiger partial charge on any atom is -0.497 e. The lowest BCUT2D eigenvalue weighted by Crippen LogP contribution is -2.28. The number of benzene rings is 3. The van der Waals surface area contributed by atoms with E-state index < -0.39 is 6.10 Å². The molecule has 0 heterocycles. The van der Waals surface area contributed by atoms with E-state index in [4.69, 9.17) is 18.9 Å². The largest absolute Gasteiger partial charge is 0.497 e. The summed E-state index contributed by atoms with van der Waals surface area (Å²) in [5.41, 5.74) is 5.53. The number of carbonyl (C=O) groups is 1. The molecule has 35 heavy (non-hydrogen) atoms. The molecule has 0 spiro atoms. The first-order chi connectivity index (χ1) is 17.0. The first-order valence-electron chi connectivity index (χ1n) is 12.0. The van der Waals surface area contributed by atoms with Gasteiger partial charge < -0.3 is 18.9 Å². The molecule has 0 aliphatic carbocycles. The van der Waals surface area contributed by atoms with Crippen LogP contribution in [0.1, 0.15) is 31.9 Å². The van der Waals surface area contributed by atoms with Crippen molar-refractivity contribution in [3.8, 4) is 22.6 Å². The lowest BCUT2D eigenvalue weighted by Gasteiger charge is -2.15. The van der Waals surface area contributed by atoms with Crippen LogP contribution in [0, 0.1) is 0 Å². The molecule has 0 saturated heterocycles. The molecule has 0 saturated carbocycles. The molecule has 0 amide bonds. The third kappa shape index (κ3) is 7.46. The average Bonchev–Trinajstić information content (AvgIpc) is 2.89. The van der Waals surface area contributed by atoms with Gasteiger partial charge in [-0.25, -0.2) is 4.79 Å². The molecule has 0 aromatic heterocycles. The van der Waals surface area contributed by atoms with Gasteiger partial charge in [0.15, 0.2) is 6.10 Å². The van der Waals surface area contributed by atoms with Gasteiger partial charge in [0.25, 0.3) is 0 Å². The van der Waals surface area contributed by atoms with Gasteiger partial charge in [-0.15, -0.1) is 0 Å². The molecule has 0 fully saturated rings. The monoisotopic (exact) mass is 474 g/mol. The summed E-state index contributed by atoms with van der Waals surface area (Å²) in [5, 5.41) is 0. The Morgan fingerprint density at radius 2 is 1.69 bits per heavy atom. The molecule has 0 N–H and O–H groups in total. The molecular formula is C30H34O5. The van der Waals surface area contributed by atoms with Crippen molar-refractivity contribution in [1.29, 1.82) is 0 Å². The molecule has 0 aliphatic rings. The maximum atomic E-state index is 12.1. The number of hydrogen-bond donors (Lipinski definition) is 0. The maximum Gasteiger partial charge on any atom is 0.335 e. The van der Waals surface area contributed by atoms with Crippen LogP contribution in [-0.4, -0.2) is 39.0 Å². The maximum absolute atomic E-state index is 12.1. The molecule has 5 heteroatoms. The van der Waals surface area contributed by atoms with Crippen LogP contribution in [0.4, 0.5) is 0 Å². The van der Waals surface area contributed by atoms with Crippen molar-refractivity contribution in [2.75, 3.05) is 26.9 Å². The van der Waals surface area contributed by atoms with E-state index >= 15 is 0 Å². The Kier molecular flexibility index (Phi) is 9.93. The minimum atomic E-state index is -0.595. The fourth-order valence-corrected chi connectivity index (χ4v) is 3.82. The van der Waals surface area contributed by atoms with Crippen LogP contribution >= 0.6 is 0 Å². The van der Waals surface area contributed by atoms with E-state index in [0.29, 0.717) is 26.2 Å². The summed E-state index contributed by atoms with van der Waals surface area (Å²) in [4.78, 5) is 12.1. The summed E-state index contributed by atoms with van der Waals surface area (Å²) in [6.45, 7) is 6.99. The van der Waals surface area contributed by atoms with Crippen molar-refractivity contribution in [1.82, 2.24) is 0 Å². The highest BCUT2D eigenvalue weighted by atomic mass is 16.6. The zero-order chi connectivity index (χ0) is 25.0. The Morgan fingerprint density at radius 1 is 0.914 bits per heavy atom. The van der Waals surface area contributed by atoms with Gasteiger partial charge in [-0.2, -0.15) is 0 Å². The summed E-state index contributed by atoms with van der Waals surface area (Å²) in [6, 6.07) is 24.1. The number of hydrogen-bond acceptors (Lipinski definition) is 5. The third-order valence-corrected chi connectivity index (χ3v) is 5.63. The molecule has 3 rings (SSSR count). The van der Waals surface area contributed by atoms with Gasteiger partial charge in [0.2, 0.25) is 0 Å². The minimum absolute atomic E-state index is 0.329. The SMILES string of the molecule is CCOC(=O)[C@H](Cc1ccc(OCC=C(C)c2ccccc2-c2cccc(OC)c2)cc1)OCC. The van der Waals surface area contributed by atoms with Gasteiger partial charge in [0, 0.05) is 13.0 Å². The van der Waals surface area contributed by atoms with Crippen molar-refractivity contribution < 1.29 is 23.7 Å². The molecule has 3 aromatic rings. The van der Waals surface area contributed by atoms with Crippen LogP contribution in [-0.2, 0) is 20.7 Å². The second-order valence-corrected chi connectivity index (χ2v) is 8.02. The predicted octanol–water partition coefficient (Wildman–Crippen LogP) is 6.36. The van der Waals surface area contributed by atoms with Crippen LogP contribution in [0.3, 0.4) is 0 Å². The van der Waals surface area contributed by atoms with Gasteiger partial charge >= 0.3 is 5.97 Å². The quantitative estimate of drug-likeness (QED) is 0.286. The molecule has 0 radical (unpaired) electrons. The van der Waals surface area contributed by atoms with Gasteiger partial charge in [0.1, 0.15) is 18.1 Å². The van der Waals surface area contributed by atoms with E-state index in [0.717, 1.165) is 39.3 Å². The summed E-state index contributed by atoms with van der Waals surface area (Å²) in [7, 11) is 1.68. The molecule has 0 unspecified atom stereocenters. The van der Waals surface area contributed by atoms with Crippen molar-refractivity contribution in [3.63, 3.8) is 0 Å². The van der Waals surface area contributed by atoms with Gasteiger partial charge in [-0.3, -0.25) is 0 Å². The molecule has 0 aliphatic heterocycles. The van der Waals surface area contributed by atoms with Gasteiger partial charge in [-0.1, -0.05) is 48.5 Å². The van der Waals surface area contributed by atoms with Crippen LogP contribution in [0.5, 0.6) is 11.5 Å².